The van der Waals surface area contributed by atoms with Crippen molar-refractivity contribution in [1.82, 2.24) is 4.83 Å². The number of thiophene rings is 1. The van der Waals surface area contributed by atoms with Crippen molar-refractivity contribution in [3.8, 4) is 0 Å². The van der Waals surface area contributed by atoms with Gasteiger partial charge >= 0.3 is 12.4 Å². The largest absolute Gasteiger partial charge is 0.450 e. The van der Waals surface area contributed by atoms with Crippen molar-refractivity contribution in [2.75, 3.05) is 0 Å². The minimum atomic E-state index is -5.49. The molecule has 124 valence electrons. The van der Waals surface area contributed by atoms with Gasteiger partial charge in [-0.25, -0.2) is 0 Å². The maximum absolute atomic E-state index is 12.5. The number of ketones is 1. The molecule has 0 spiro atoms. The predicted molar refractivity (Wildman–Crippen MR) is 63.8 cm³/mol. The molecule has 0 atom stereocenters. The number of halogens is 6. The number of hydrogen-bond acceptors (Lipinski definition) is 5. The zero-order valence-corrected chi connectivity index (χ0v) is 11.8. The third-order valence-corrected chi connectivity index (χ3v) is 4.64. The van der Waals surface area contributed by atoms with E-state index >= 15 is 0 Å². The molecule has 0 fully saturated rings. The SMILES string of the molecule is O=C(C/C(=N/NS(=O)(=O)c1cccs1)C(F)(F)F)C(F)(F)F. The Morgan fingerprint density at radius 3 is 2.18 bits per heavy atom. The fraction of sp³-hybridized carbons (Fsp3) is 0.333. The second-order valence-corrected chi connectivity index (χ2v) is 6.52. The van der Waals surface area contributed by atoms with E-state index in [1.54, 1.807) is 0 Å². The maximum atomic E-state index is 12.5. The monoisotopic (exact) mass is 368 g/mol. The van der Waals surface area contributed by atoms with Crippen LogP contribution in [0.4, 0.5) is 26.3 Å². The molecule has 0 aliphatic heterocycles. The van der Waals surface area contributed by atoms with E-state index in [9.17, 15) is 39.6 Å². The van der Waals surface area contributed by atoms with Gasteiger partial charge in [-0.15, -0.1) is 11.3 Å². The summed E-state index contributed by atoms with van der Waals surface area (Å²) in [6.07, 6.45) is -13.0. The van der Waals surface area contributed by atoms with E-state index in [1.807, 2.05) is 0 Å². The van der Waals surface area contributed by atoms with Gasteiger partial charge < -0.3 is 0 Å². The molecular weight excluding hydrogens is 362 g/mol. The molecule has 0 unspecified atom stereocenters. The van der Waals surface area contributed by atoms with Crippen LogP contribution in [-0.4, -0.2) is 32.3 Å². The number of hydrazone groups is 1. The Hall–Kier alpha value is -1.63. The van der Waals surface area contributed by atoms with Gasteiger partial charge in [-0.3, -0.25) is 4.79 Å². The average Bonchev–Trinajstić information content (AvgIpc) is 2.85. The normalized spacial score (nSPS) is 14.0. The first-order valence-electron chi connectivity index (χ1n) is 5.13. The molecule has 0 amide bonds. The van der Waals surface area contributed by atoms with Crippen LogP contribution in [0.3, 0.4) is 0 Å². The van der Waals surface area contributed by atoms with Crippen LogP contribution in [-0.2, 0) is 14.8 Å². The molecule has 1 heterocycles. The Bertz CT molecular complexity index is 661. The van der Waals surface area contributed by atoms with E-state index in [2.05, 4.69) is 5.10 Å². The number of nitrogens with zero attached hydrogens (tertiary/aromatic N) is 1. The van der Waals surface area contributed by atoms with E-state index in [-0.39, 0.29) is 4.21 Å². The van der Waals surface area contributed by atoms with Gasteiger partial charge in [0.05, 0.1) is 6.42 Å². The van der Waals surface area contributed by atoms with Crippen molar-refractivity contribution in [1.29, 1.82) is 0 Å². The minimum Gasteiger partial charge on any atom is -0.289 e. The van der Waals surface area contributed by atoms with E-state index in [0.29, 0.717) is 11.3 Å². The van der Waals surface area contributed by atoms with Crippen LogP contribution >= 0.6 is 11.3 Å². The van der Waals surface area contributed by atoms with Crippen LogP contribution in [0.15, 0.2) is 26.8 Å². The fourth-order valence-electron chi connectivity index (χ4n) is 1.03. The first-order chi connectivity index (χ1) is 9.84. The summed E-state index contributed by atoms with van der Waals surface area (Å²) < 4.78 is 96.1. The lowest BCUT2D eigenvalue weighted by atomic mass is 10.2. The molecule has 22 heavy (non-hydrogen) atoms. The molecule has 13 heteroatoms. The van der Waals surface area contributed by atoms with Crippen molar-refractivity contribution < 1.29 is 39.6 Å². The van der Waals surface area contributed by atoms with Crippen molar-refractivity contribution in [3.63, 3.8) is 0 Å². The summed E-state index contributed by atoms with van der Waals surface area (Å²) in [7, 11) is -4.46. The van der Waals surface area contributed by atoms with E-state index in [4.69, 9.17) is 0 Å². The molecule has 0 aliphatic rings. The summed E-state index contributed by atoms with van der Waals surface area (Å²) >= 11 is 0.659. The lowest BCUT2D eigenvalue weighted by Gasteiger charge is -2.11. The summed E-state index contributed by atoms with van der Waals surface area (Å²) in [4.78, 5) is 11.7. The van der Waals surface area contributed by atoms with Gasteiger partial charge in [0.15, 0.2) is 0 Å². The molecule has 1 aromatic heterocycles. The Morgan fingerprint density at radius 2 is 1.77 bits per heavy atom. The van der Waals surface area contributed by atoms with Crippen LogP contribution in [0, 0.1) is 0 Å². The molecule has 1 rings (SSSR count). The Labute approximate surface area is 123 Å². The molecular formula is C9H6F6N2O3S2. The molecule has 1 N–H and O–H groups in total. The Kier molecular flexibility index (Phi) is 5.22. The number of nitrogens with one attached hydrogen (secondary N) is 1. The van der Waals surface area contributed by atoms with Crippen molar-refractivity contribution in [3.05, 3.63) is 17.5 Å². The summed E-state index contributed by atoms with van der Waals surface area (Å²) in [6, 6.07) is 2.34. The number of sulfonamides is 1. The van der Waals surface area contributed by atoms with Crippen LogP contribution in [0.1, 0.15) is 6.42 Å². The summed E-state index contributed by atoms with van der Waals surface area (Å²) in [6.45, 7) is 0. The number of rotatable bonds is 5. The van der Waals surface area contributed by atoms with Crippen LogP contribution < -0.4 is 4.83 Å². The molecule has 0 aromatic carbocycles. The van der Waals surface area contributed by atoms with E-state index in [0.717, 1.165) is 10.9 Å². The number of hydrogen-bond donors (Lipinski definition) is 1. The Balaban J connectivity index is 3.02. The van der Waals surface area contributed by atoms with Gasteiger partial charge in [-0.2, -0.15) is 44.7 Å². The van der Waals surface area contributed by atoms with Gasteiger partial charge in [-0.1, -0.05) is 6.07 Å². The highest BCUT2D eigenvalue weighted by atomic mass is 32.2. The van der Waals surface area contributed by atoms with E-state index in [1.165, 1.54) is 11.4 Å². The minimum absolute atomic E-state index is 0.389. The van der Waals surface area contributed by atoms with Crippen LogP contribution in [0.5, 0.6) is 0 Å². The van der Waals surface area contributed by atoms with Gasteiger partial charge in [0, 0.05) is 0 Å². The number of carbonyl (C=O) groups is 1. The highest BCUT2D eigenvalue weighted by molar-refractivity contribution is 7.91. The number of carbonyl (C=O) groups excluding carboxylic acids is 1. The highest BCUT2D eigenvalue weighted by Crippen LogP contribution is 2.25. The second kappa shape index (κ2) is 6.24. The van der Waals surface area contributed by atoms with E-state index < -0.39 is 40.3 Å². The lowest BCUT2D eigenvalue weighted by Crippen LogP contribution is -2.34. The molecule has 0 aliphatic carbocycles. The smallest absolute Gasteiger partial charge is 0.289 e. The molecule has 1 aromatic rings. The second-order valence-electron chi connectivity index (χ2n) is 3.68. The maximum Gasteiger partial charge on any atom is 0.450 e. The fourth-order valence-corrected chi connectivity index (χ4v) is 2.84. The molecule has 5 nitrogen and oxygen atoms in total. The molecule has 0 saturated heterocycles. The third kappa shape index (κ3) is 4.98. The van der Waals surface area contributed by atoms with Gasteiger partial charge in [0.1, 0.15) is 9.92 Å². The summed E-state index contributed by atoms with van der Waals surface area (Å²) in [5.74, 6) is -2.70. The number of Topliss-reactive ketones (excluding diaryl/α,β-unsaturated/α-hetero) is 1. The van der Waals surface area contributed by atoms with Crippen molar-refractivity contribution in [2.24, 2.45) is 5.10 Å². The van der Waals surface area contributed by atoms with Crippen LogP contribution in [0.2, 0.25) is 0 Å². The van der Waals surface area contributed by atoms with Gasteiger partial charge in [0.25, 0.3) is 10.0 Å². The molecule has 0 bridgehead atoms. The van der Waals surface area contributed by atoms with Gasteiger partial charge in [-0.05, 0) is 11.4 Å². The van der Waals surface area contributed by atoms with Crippen LogP contribution in [0.25, 0.3) is 0 Å². The molecule has 0 saturated carbocycles. The Morgan fingerprint density at radius 1 is 1.18 bits per heavy atom. The van der Waals surface area contributed by atoms with Gasteiger partial charge in [0.2, 0.25) is 5.78 Å². The lowest BCUT2D eigenvalue weighted by molar-refractivity contribution is -0.170. The molecule has 0 radical (unpaired) electrons. The topological polar surface area (TPSA) is 75.6 Å². The zero-order chi connectivity index (χ0) is 17.2. The predicted octanol–water partition coefficient (Wildman–Crippen LogP) is 2.47. The summed E-state index contributed by atoms with van der Waals surface area (Å²) in [5.41, 5.74) is -2.20. The van der Waals surface area contributed by atoms with Crippen molar-refractivity contribution in [2.45, 2.75) is 23.0 Å². The standard InChI is InChI=1S/C9H6F6N2O3S2/c10-8(11,12)5(4-6(18)9(13,14)15)16-17-22(19,20)7-2-1-3-21-7/h1-3,17H,4H2/b16-5-. The third-order valence-electron chi connectivity index (χ3n) is 2.03. The zero-order valence-electron chi connectivity index (χ0n) is 10.2. The average molecular weight is 368 g/mol. The summed E-state index contributed by atoms with van der Waals surface area (Å²) in [5, 5.41) is 3.73. The van der Waals surface area contributed by atoms with Crippen molar-refractivity contribution >= 4 is 32.9 Å². The first kappa shape index (κ1) is 18.4. The first-order valence-corrected chi connectivity index (χ1v) is 7.49. The highest BCUT2D eigenvalue weighted by Gasteiger charge is 2.45. The quantitative estimate of drug-likeness (QED) is 0.493. The number of alkyl halides is 6.